The zero-order chi connectivity index (χ0) is 14.3. The summed E-state index contributed by atoms with van der Waals surface area (Å²) in [5.74, 6) is -1.08. The Morgan fingerprint density at radius 3 is 2.80 bits per heavy atom. The van der Waals surface area contributed by atoms with Gasteiger partial charge >= 0.3 is 0 Å². The minimum absolute atomic E-state index is 0.0420. The van der Waals surface area contributed by atoms with Gasteiger partial charge in [-0.1, -0.05) is 12.1 Å². The Morgan fingerprint density at radius 2 is 2.00 bits per heavy atom. The van der Waals surface area contributed by atoms with Crippen molar-refractivity contribution >= 4 is 11.4 Å². The smallest absolute Gasteiger partial charge is 0.152 e. The molecule has 1 aliphatic carbocycles. The van der Waals surface area contributed by atoms with Crippen molar-refractivity contribution in [3.05, 3.63) is 58.7 Å². The molecule has 1 aliphatic rings. The number of hydrogen-bond donors (Lipinski definition) is 2. The summed E-state index contributed by atoms with van der Waals surface area (Å²) >= 11 is 0. The highest BCUT2D eigenvalue weighted by atomic mass is 19.1. The Labute approximate surface area is 116 Å². The first-order chi connectivity index (χ1) is 9.56. The maximum atomic E-state index is 14.0. The number of benzene rings is 2. The second-order valence-electron chi connectivity index (χ2n) is 5.25. The molecule has 2 aromatic rings. The van der Waals surface area contributed by atoms with Gasteiger partial charge in [-0.05, 0) is 54.7 Å². The van der Waals surface area contributed by atoms with Crippen molar-refractivity contribution in [2.45, 2.75) is 25.8 Å². The van der Waals surface area contributed by atoms with E-state index in [-0.39, 0.29) is 11.7 Å². The topological polar surface area (TPSA) is 38.0 Å². The van der Waals surface area contributed by atoms with Gasteiger partial charge in [-0.3, -0.25) is 0 Å². The lowest BCUT2D eigenvalue weighted by molar-refractivity contribution is 0.576. The van der Waals surface area contributed by atoms with E-state index in [1.165, 1.54) is 12.1 Å². The lowest BCUT2D eigenvalue weighted by atomic mass is 10.1. The van der Waals surface area contributed by atoms with Crippen LogP contribution in [-0.4, -0.2) is 0 Å². The van der Waals surface area contributed by atoms with Crippen molar-refractivity contribution in [2.24, 2.45) is 0 Å². The summed E-state index contributed by atoms with van der Waals surface area (Å²) in [5.41, 5.74) is 9.09. The zero-order valence-electron chi connectivity index (χ0n) is 11.2. The summed E-state index contributed by atoms with van der Waals surface area (Å²) in [6.07, 6.45) is 1.68. The number of nitrogens with two attached hydrogens (primary N) is 1. The molecular formula is C16H16F2N2. The van der Waals surface area contributed by atoms with E-state index in [2.05, 4.69) is 5.32 Å². The average Bonchev–Trinajstić information content (AvgIpc) is 2.81. The number of halogens is 2. The zero-order valence-corrected chi connectivity index (χ0v) is 11.2. The number of nitrogens with one attached hydrogen (secondary N) is 1. The molecule has 0 bridgehead atoms. The van der Waals surface area contributed by atoms with E-state index in [1.807, 2.05) is 18.2 Å². The molecule has 0 aromatic heterocycles. The van der Waals surface area contributed by atoms with Crippen molar-refractivity contribution in [1.29, 1.82) is 0 Å². The Balaban J connectivity index is 1.93. The van der Waals surface area contributed by atoms with Crippen LogP contribution in [0.15, 0.2) is 30.3 Å². The molecule has 0 saturated heterocycles. The van der Waals surface area contributed by atoms with E-state index in [1.54, 1.807) is 6.92 Å². The highest BCUT2D eigenvalue weighted by Gasteiger charge is 2.24. The van der Waals surface area contributed by atoms with Crippen LogP contribution in [0.5, 0.6) is 0 Å². The van der Waals surface area contributed by atoms with Crippen molar-refractivity contribution in [1.82, 2.24) is 0 Å². The summed E-state index contributed by atoms with van der Waals surface area (Å²) < 4.78 is 27.8. The van der Waals surface area contributed by atoms with E-state index in [4.69, 9.17) is 5.73 Å². The van der Waals surface area contributed by atoms with Gasteiger partial charge in [0, 0.05) is 5.69 Å². The molecule has 3 rings (SSSR count). The second-order valence-corrected chi connectivity index (χ2v) is 5.25. The molecule has 0 spiro atoms. The number of fused-ring (bicyclic) bond motifs is 1. The molecule has 2 nitrogen and oxygen atoms in total. The first kappa shape index (κ1) is 12.9. The van der Waals surface area contributed by atoms with Crippen molar-refractivity contribution in [3.63, 3.8) is 0 Å². The molecule has 2 aromatic carbocycles. The third kappa shape index (κ3) is 2.11. The lowest BCUT2D eigenvalue weighted by Crippen LogP contribution is -2.10. The summed E-state index contributed by atoms with van der Waals surface area (Å²) in [5, 5.41) is 3.00. The van der Waals surface area contributed by atoms with Crippen LogP contribution in [0, 0.1) is 18.6 Å². The summed E-state index contributed by atoms with van der Waals surface area (Å²) in [7, 11) is 0. The summed E-state index contributed by atoms with van der Waals surface area (Å²) in [6.45, 7) is 1.63. The third-order valence-electron chi connectivity index (χ3n) is 3.85. The Kier molecular flexibility index (Phi) is 3.08. The van der Waals surface area contributed by atoms with Crippen LogP contribution in [-0.2, 0) is 6.42 Å². The van der Waals surface area contributed by atoms with Crippen molar-refractivity contribution in [2.75, 3.05) is 11.1 Å². The van der Waals surface area contributed by atoms with Gasteiger partial charge in [0.1, 0.15) is 11.5 Å². The Morgan fingerprint density at radius 1 is 1.20 bits per heavy atom. The summed E-state index contributed by atoms with van der Waals surface area (Å²) in [6, 6.07) is 8.35. The highest BCUT2D eigenvalue weighted by Crippen LogP contribution is 2.36. The van der Waals surface area contributed by atoms with Gasteiger partial charge in [0.05, 0.1) is 6.04 Å². The molecule has 20 heavy (non-hydrogen) atoms. The molecule has 4 heteroatoms. The van der Waals surface area contributed by atoms with Crippen molar-refractivity contribution in [3.8, 4) is 0 Å². The van der Waals surface area contributed by atoms with Gasteiger partial charge in [-0.2, -0.15) is 0 Å². The molecule has 1 atom stereocenters. The lowest BCUT2D eigenvalue weighted by Gasteiger charge is -2.17. The first-order valence-electron chi connectivity index (χ1n) is 6.65. The molecule has 0 radical (unpaired) electrons. The second kappa shape index (κ2) is 4.78. The minimum Gasteiger partial charge on any atom is -0.399 e. The SMILES string of the molecule is Cc1ccc(F)c(NC2CCc3cc(N)ccc32)c1F. The molecule has 0 heterocycles. The quantitative estimate of drug-likeness (QED) is 0.814. The van der Waals surface area contributed by atoms with Gasteiger partial charge in [0.25, 0.3) is 0 Å². The Hall–Kier alpha value is -2.10. The van der Waals surface area contributed by atoms with Crippen LogP contribution >= 0.6 is 0 Å². The molecule has 1 unspecified atom stereocenters. The van der Waals surface area contributed by atoms with Gasteiger partial charge in [-0.15, -0.1) is 0 Å². The number of aryl methyl sites for hydroxylation is 2. The largest absolute Gasteiger partial charge is 0.399 e. The number of anilines is 2. The molecule has 104 valence electrons. The van der Waals surface area contributed by atoms with Crippen LogP contribution in [0.4, 0.5) is 20.2 Å². The average molecular weight is 274 g/mol. The first-order valence-corrected chi connectivity index (χ1v) is 6.65. The number of hydrogen-bond acceptors (Lipinski definition) is 2. The fraction of sp³-hybridized carbons (Fsp3) is 0.250. The number of nitrogen functional groups attached to an aromatic ring is 1. The molecular weight excluding hydrogens is 258 g/mol. The van der Waals surface area contributed by atoms with E-state index in [9.17, 15) is 8.78 Å². The Bertz CT molecular complexity index is 668. The number of rotatable bonds is 2. The minimum atomic E-state index is -0.558. The fourth-order valence-corrected chi connectivity index (χ4v) is 2.75. The molecule has 0 fully saturated rings. The molecule has 0 amide bonds. The van der Waals surface area contributed by atoms with E-state index in [0.717, 1.165) is 29.7 Å². The molecule has 0 aliphatic heterocycles. The standard InChI is InChI=1S/C16H16F2N2/c1-9-2-6-13(17)16(15(9)18)20-14-7-3-10-8-11(19)4-5-12(10)14/h2,4-6,8,14,20H,3,7,19H2,1H3. The highest BCUT2D eigenvalue weighted by molar-refractivity contribution is 5.54. The van der Waals surface area contributed by atoms with Crippen molar-refractivity contribution < 1.29 is 8.78 Å². The van der Waals surface area contributed by atoms with Crippen LogP contribution < -0.4 is 11.1 Å². The van der Waals surface area contributed by atoms with E-state index in [0.29, 0.717) is 5.56 Å². The normalized spacial score (nSPS) is 17.1. The predicted octanol–water partition coefficient (Wildman–Crippen LogP) is 3.95. The molecule has 0 saturated carbocycles. The van der Waals surface area contributed by atoms with Crippen LogP contribution in [0.2, 0.25) is 0 Å². The molecule has 3 N–H and O–H groups in total. The van der Waals surface area contributed by atoms with Gasteiger partial charge in [0.2, 0.25) is 0 Å². The summed E-state index contributed by atoms with van der Waals surface area (Å²) in [4.78, 5) is 0. The fourth-order valence-electron chi connectivity index (χ4n) is 2.75. The predicted molar refractivity (Wildman–Crippen MR) is 76.6 cm³/mol. The van der Waals surface area contributed by atoms with Gasteiger partial charge in [0.15, 0.2) is 5.82 Å². The van der Waals surface area contributed by atoms with E-state index < -0.39 is 11.6 Å². The van der Waals surface area contributed by atoms with E-state index >= 15 is 0 Å². The maximum absolute atomic E-state index is 14.0. The van der Waals surface area contributed by atoms with Crippen LogP contribution in [0.1, 0.15) is 29.2 Å². The van der Waals surface area contributed by atoms with Gasteiger partial charge < -0.3 is 11.1 Å². The van der Waals surface area contributed by atoms with Gasteiger partial charge in [-0.25, -0.2) is 8.78 Å². The monoisotopic (exact) mass is 274 g/mol. The third-order valence-corrected chi connectivity index (χ3v) is 3.85. The van der Waals surface area contributed by atoms with Crippen LogP contribution in [0.3, 0.4) is 0 Å². The maximum Gasteiger partial charge on any atom is 0.152 e. The van der Waals surface area contributed by atoms with Crippen LogP contribution in [0.25, 0.3) is 0 Å².